The van der Waals surface area contributed by atoms with Crippen molar-refractivity contribution in [2.75, 3.05) is 19.6 Å². The molecule has 2 rings (SSSR count). The average molecular weight is 320 g/mol. The van der Waals surface area contributed by atoms with Crippen molar-refractivity contribution in [2.24, 2.45) is 17.8 Å². The summed E-state index contributed by atoms with van der Waals surface area (Å²) < 4.78 is 1.98. The van der Waals surface area contributed by atoms with E-state index in [9.17, 15) is 0 Å². The first-order chi connectivity index (χ1) is 11.1. The van der Waals surface area contributed by atoms with Crippen LogP contribution in [-0.2, 0) is 26.4 Å². The number of hydrogen-bond acceptors (Lipinski definition) is 3. The van der Waals surface area contributed by atoms with Crippen LogP contribution in [0.25, 0.3) is 0 Å². The molecule has 1 aliphatic heterocycles. The Bertz CT molecular complexity index is 533. The molecule has 0 amide bonds. The highest BCUT2D eigenvalue weighted by molar-refractivity contribution is 5.77. The number of likely N-dealkylation sites (tertiary alicyclic amines) is 1. The van der Waals surface area contributed by atoms with Crippen LogP contribution in [0.5, 0.6) is 0 Å². The summed E-state index contributed by atoms with van der Waals surface area (Å²) in [4.78, 5) is 7.05. The first kappa shape index (κ1) is 17.8. The standard InChI is InChI=1S/C17H32N6/c1-5-15-14(16(6-2)22(4)21-15)12-20-17(18)19-11-13-9-8-10-23(13)7-3/h13H,5-12H2,1-4H3,(H3,18,19,20). The number of nitrogens with one attached hydrogen (secondary N) is 1. The summed E-state index contributed by atoms with van der Waals surface area (Å²) in [5.74, 6) is 0.543. The van der Waals surface area contributed by atoms with Gasteiger partial charge in [-0.05, 0) is 38.8 Å². The van der Waals surface area contributed by atoms with E-state index in [1.807, 2.05) is 11.7 Å². The zero-order valence-electron chi connectivity index (χ0n) is 15.1. The lowest BCUT2D eigenvalue weighted by molar-refractivity contribution is 0.267. The van der Waals surface area contributed by atoms with Gasteiger partial charge in [0.25, 0.3) is 0 Å². The number of aryl methyl sites for hydroxylation is 2. The maximum absolute atomic E-state index is 6.07. The molecule has 0 radical (unpaired) electrons. The minimum atomic E-state index is 0.543. The molecule has 1 aromatic heterocycles. The maximum Gasteiger partial charge on any atom is 0.188 e. The molecule has 0 aliphatic carbocycles. The Hall–Kier alpha value is -1.56. The van der Waals surface area contributed by atoms with Gasteiger partial charge in [0.05, 0.1) is 12.2 Å². The topological polar surface area (TPSA) is 71.5 Å². The van der Waals surface area contributed by atoms with Gasteiger partial charge in [0.15, 0.2) is 5.96 Å². The number of guanidine groups is 1. The maximum atomic E-state index is 6.07. The fourth-order valence-electron chi connectivity index (χ4n) is 3.56. The molecule has 0 bridgehead atoms. The molecule has 1 aliphatic rings. The summed E-state index contributed by atoms with van der Waals surface area (Å²) >= 11 is 0. The van der Waals surface area contributed by atoms with Crippen LogP contribution in [0.3, 0.4) is 0 Å². The van der Waals surface area contributed by atoms with Crippen LogP contribution >= 0.6 is 0 Å². The monoisotopic (exact) mass is 320 g/mol. The number of aliphatic imine (C=N–C) groups is 1. The number of likely N-dealkylation sites (N-methyl/N-ethyl adjacent to an activating group) is 1. The second-order valence-electron chi connectivity index (χ2n) is 6.21. The Morgan fingerprint density at radius 3 is 2.78 bits per heavy atom. The number of nitrogens with two attached hydrogens (primary N) is 1. The first-order valence-electron chi connectivity index (χ1n) is 8.92. The molecule has 1 aromatic rings. The number of aromatic nitrogens is 2. The summed E-state index contributed by atoms with van der Waals surface area (Å²) in [6, 6.07) is 0.588. The summed E-state index contributed by atoms with van der Waals surface area (Å²) in [7, 11) is 2.01. The Morgan fingerprint density at radius 2 is 2.13 bits per heavy atom. The van der Waals surface area contributed by atoms with Gasteiger partial charge in [-0.25, -0.2) is 4.99 Å². The molecule has 6 heteroatoms. The molecule has 0 saturated carbocycles. The molecular weight excluding hydrogens is 288 g/mol. The second kappa shape index (κ2) is 8.34. The van der Waals surface area contributed by atoms with Crippen molar-refractivity contribution < 1.29 is 0 Å². The lowest BCUT2D eigenvalue weighted by Crippen LogP contribution is -2.42. The molecule has 1 unspecified atom stereocenters. The van der Waals surface area contributed by atoms with Crippen molar-refractivity contribution in [1.82, 2.24) is 20.0 Å². The van der Waals surface area contributed by atoms with Crippen LogP contribution in [-0.4, -0.2) is 46.3 Å². The van der Waals surface area contributed by atoms with E-state index in [2.05, 4.69) is 41.1 Å². The summed E-state index contributed by atoms with van der Waals surface area (Å²) in [6.07, 6.45) is 4.43. The third kappa shape index (κ3) is 4.25. The lowest BCUT2D eigenvalue weighted by Gasteiger charge is -2.23. The quantitative estimate of drug-likeness (QED) is 0.589. The molecule has 23 heavy (non-hydrogen) atoms. The Kier molecular flexibility index (Phi) is 6.45. The van der Waals surface area contributed by atoms with Crippen LogP contribution in [0.1, 0.15) is 50.6 Å². The van der Waals surface area contributed by atoms with Crippen LogP contribution in [0.15, 0.2) is 4.99 Å². The SMILES string of the molecule is CCc1nn(C)c(CC)c1CN=C(N)NCC1CCCN1CC. The van der Waals surface area contributed by atoms with Crippen LogP contribution in [0.2, 0.25) is 0 Å². The van der Waals surface area contributed by atoms with E-state index in [4.69, 9.17) is 5.73 Å². The van der Waals surface area contributed by atoms with Crippen molar-refractivity contribution >= 4 is 5.96 Å². The zero-order chi connectivity index (χ0) is 16.8. The minimum Gasteiger partial charge on any atom is -0.370 e. The molecule has 1 saturated heterocycles. The van der Waals surface area contributed by atoms with Crippen LogP contribution in [0, 0.1) is 0 Å². The fraction of sp³-hybridized carbons (Fsp3) is 0.765. The van der Waals surface area contributed by atoms with Gasteiger partial charge in [-0.15, -0.1) is 0 Å². The molecule has 0 aromatic carbocycles. The normalized spacial score (nSPS) is 19.5. The van der Waals surface area contributed by atoms with E-state index >= 15 is 0 Å². The Labute approximate surface area is 140 Å². The summed E-state index contributed by atoms with van der Waals surface area (Å²) in [5, 5.41) is 7.89. The van der Waals surface area contributed by atoms with Gasteiger partial charge in [-0.1, -0.05) is 20.8 Å². The highest BCUT2D eigenvalue weighted by atomic mass is 15.3. The number of nitrogens with zero attached hydrogens (tertiary/aromatic N) is 4. The summed E-state index contributed by atoms with van der Waals surface area (Å²) in [6.45, 7) is 10.3. The third-order valence-electron chi connectivity index (χ3n) is 4.86. The highest BCUT2D eigenvalue weighted by Gasteiger charge is 2.22. The first-order valence-corrected chi connectivity index (χ1v) is 8.92. The molecule has 0 spiro atoms. The zero-order valence-corrected chi connectivity index (χ0v) is 15.1. The Morgan fingerprint density at radius 1 is 1.35 bits per heavy atom. The van der Waals surface area contributed by atoms with Crippen molar-refractivity contribution in [2.45, 2.75) is 59.0 Å². The van der Waals surface area contributed by atoms with Crippen molar-refractivity contribution in [3.8, 4) is 0 Å². The lowest BCUT2D eigenvalue weighted by atomic mass is 10.1. The minimum absolute atomic E-state index is 0.543. The van der Waals surface area contributed by atoms with Crippen molar-refractivity contribution in [1.29, 1.82) is 0 Å². The smallest absolute Gasteiger partial charge is 0.188 e. The second-order valence-corrected chi connectivity index (χ2v) is 6.21. The van der Waals surface area contributed by atoms with E-state index in [-0.39, 0.29) is 0 Å². The van der Waals surface area contributed by atoms with Gasteiger partial charge < -0.3 is 11.1 Å². The predicted octanol–water partition coefficient (Wildman–Crippen LogP) is 1.43. The molecule has 6 nitrogen and oxygen atoms in total. The van der Waals surface area contributed by atoms with Gasteiger partial charge in [0.2, 0.25) is 0 Å². The van der Waals surface area contributed by atoms with Gasteiger partial charge in [-0.2, -0.15) is 5.10 Å². The van der Waals surface area contributed by atoms with E-state index in [1.165, 1.54) is 30.6 Å². The Balaban J connectivity index is 1.94. The third-order valence-corrected chi connectivity index (χ3v) is 4.86. The van der Waals surface area contributed by atoms with E-state index < -0.39 is 0 Å². The van der Waals surface area contributed by atoms with Crippen LogP contribution in [0.4, 0.5) is 0 Å². The van der Waals surface area contributed by atoms with Gasteiger partial charge >= 0.3 is 0 Å². The number of hydrogen-bond donors (Lipinski definition) is 2. The molecule has 1 fully saturated rings. The van der Waals surface area contributed by atoms with E-state index in [0.29, 0.717) is 18.5 Å². The fourth-order valence-corrected chi connectivity index (χ4v) is 3.56. The molecule has 1 atom stereocenters. The molecular formula is C17H32N6. The number of rotatable bonds is 7. The summed E-state index contributed by atoms with van der Waals surface area (Å²) in [5.41, 5.74) is 9.69. The van der Waals surface area contributed by atoms with Crippen molar-refractivity contribution in [3.63, 3.8) is 0 Å². The highest BCUT2D eigenvalue weighted by Crippen LogP contribution is 2.17. The van der Waals surface area contributed by atoms with Gasteiger partial charge in [0.1, 0.15) is 0 Å². The van der Waals surface area contributed by atoms with E-state index in [1.54, 1.807) is 0 Å². The van der Waals surface area contributed by atoms with Gasteiger partial charge in [-0.3, -0.25) is 9.58 Å². The predicted molar refractivity (Wildman–Crippen MR) is 95.6 cm³/mol. The van der Waals surface area contributed by atoms with Crippen LogP contribution < -0.4 is 11.1 Å². The van der Waals surface area contributed by atoms with Gasteiger partial charge in [0, 0.05) is 30.9 Å². The average Bonchev–Trinajstić information content (AvgIpc) is 3.13. The molecule has 2 heterocycles. The molecule has 130 valence electrons. The van der Waals surface area contributed by atoms with Crippen molar-refractivity contribution in [3.05, 3.63) is 17.0 Å². The largest absolute Gasteiger partial charge is 0.370 e. The van der Waals surface area contributed by atoms with E-state index in [0.717, 1.165) is 31.6 Å². The molecule has 3 N–H and O–H groups in total.